The number of anilines is 3. The van der Waals surface area contributed by atoms with Gasteiger partial charge in [0, 0.05) is 81.9 Å². The van der Waals surface area contributed by atoms with E-state index in [4.69, 9.17) is 0 Å². The number of amides is 1. The summed E-state index contributed by atoms with van der Waals surface area (Å²) < 4.78 is 26.7. The number of hydrogen-bond donors (Lipinski definition) is 2. The molecule has 13 heteroatoms. The number of aryl methyl sites for hydroxylation is 1. The Morgan fingerprint density at radius 2 is 1.80 bits per heavy atom. The second kappa shape index (κ2) is 12.7. The molecule has 0 radical (unpaired) electrons. The Morgan fingerprint density at radius 1 is 1.07 bits per heavy atom. The van der Waals surface area contributed by atoms with Crippen molar-refractivity contribution >= 4 is 75.6 Å². The van der Waals surface area contributed by atoms with E-state index in [1.165, 1.54) is 21.9 Å². The summed E-state index contributed by atoms with van der Waals surface area (Å²) in [6.45, 7) is 4.85. The normalized spacial score (nSPS) is 14.6. The number of benzene rings is 2. The maximum Gasteiger partial charge on any atom is 0.255 e. The van der Waals surface area contributed by atoms with Crippen molar-refractivity contribution in [3.63, 3.8) is 0 Å². The molecule has 2 N–H and O–H groups in total. The molecule has 4 aromatic rings. The van der Waals surface area contributed by atoms with Gasteiger partial charge in [-0.15, -0.1) is 11.3 Å². The monoisotopic (exact) mass is 718 g/mol. The van der Waals surface area contributed by atoms with Gasteiger partial charge in [0.05, 0.1) is 11.9 Å². The smallest absolute Gasteiger partial charge is 0.255 e. The molecule has 0 spiro atoms. The summed E-state index contributed by atoms with van der Waals surface area (Å²) in [5, 5.41) is 9.10. The maximum atomic E-state index is 13.2. The van der Waals surface area contributed by atoms with Crippen molar-refractivity contribution in [2.45, 2.75) is 13.5 Å². The highest BCUT2D eigenvalue weighted by Crippen LogP contribution is 2.31. The van der Waals surface area contributed by atoms with Crippen molar-refractivity contribution in [1.82, 2.24) is 19.2 Å². The van der Waals surface area contributed by atoms with Crippen molar-refractivity contribution in [1.29, 1.82) is 0 Å². The molecule has 1 aliphatic heterocycles. The maximum absolute atomic E-state index is 13.2. The first-order valence-electron chi connectivity index (χ1n) is 12.8. The second-order valence-electron chi connectivity index (χ2n) is 9.75. The highest BCUT2D eigenvalue weighted by atomic mass is 79.9. The molecular weight excluding hydrogens is 692 g/mol. The van der Waals surface area contributed by atoms with Crippen LogP contribution in [0.3, 0.4) is 0 Å². The molecule has 2 aromatic heterocycles. The van der Waals surface area contributed by atoms with Gasteiger partial charge >= 0.3 is 0 Å². The van der Waals surface area contributed by atoms with E-state index in [1.807, 2.05) is 54.8 Å². The molecule has 1 amide bonds. The Balaban J connectivity index is 1.25. The van der Waals surface area contributed by atoms with Gasteiger partial charge in [0.15, 0.2) is 5.13 Å². The lowest BCUT2D eigenvalue weighted by molar-refractivity contribution is 0.102. The summed E-state index contributed by atoms with van der Waals surface area (Å²) in [7, 11) is -3.18. The number of thiazole rings is 1. The number of piperazine rings is 1. The Labute approximate surface area is 260 Å². The van der Waals surface area contributed by atoms with E-state index in [0.29, 0.717) is 44.0 Å². The molecule has 9 nitrogen and oxygen atoms in total. The fraction of sp³-hybridized carbons (Fsp3) is 0.250. The van der Waals surface area contributed by atoms with Crippen LogP contribution in [0.5, 0.6) is 0 Å². The summed E-state index contributed by atoms with van der Waals surface area (Å²) in [5.74, 6) is -0.234. The average Bonchev–Trinajstić information content (AvgIpc) is 3.41. The van der Waals surface area contributed by atoms with Crippen LogP contribution in [0.4, 0.5) is 16.5 Å². The number of carbonyl (C=O) groups excluding carboxylic acids is 1. The van der Waals surface area contributed by atoms with Crippen LogP contribution in [0.1, 0.15) is 21.5 Å². The van der Waals surface area contributed by atoms with Crippen molar-refractivity contribution in [2.75, 3.05) is 43.1 Å². The molecule has 41 heavy (non-hydrogen) atoms. The zero-order valence-electron chi connectivity index (χ0n) is 22.4. The number of sulfonamides is 1. The molecule has 1 aliphatic rings. The van der Waals surface area contributed by atoms with E-state index in [0.717, 1.165) is 42.1 Å². The van der Waals surface area contributed by atoms with Gasteiger partial charge in [-0.2, -0.15) is 4.31 Å². The summed E-state index contributed by atoms with van der Waals surface area (Å²) in [6, 6.07) is 13.2. The minimum atomic E-state index is -3.18. The Hall–Kier alpha value is -2.68. The highest BCUT2D eigenvalue weighted by Gasteiger charge is 2.24. The average molecular weight is 721 g/mol. The molecule has 1 saturated heterocycles. The first-order valence-corrected chi connectivity index (χ1v) is 17.1. The van der Waals surface area contributed by atoms with Crippen LogP contribution >= 0.6 is 43.2 Å². The fourth-order valence-corrected chi connectivity index (χ4v) is 7.45. The van der Waals surface area contributed by atoms with Crippen molar-refractivity contribution in [3.05, 3.63) is 85.9 Å². The Kier molecular flexibility index (Phi) is 9.21. The quantitative estimate of drug-likeness (QED) is 0.226. The van der Waals surface area contributed by atoms with Gasteiger partial charge in [0.25, 0.3) is 5.91 Å². The van der Waals surface area contributed by atoms with E-state index in [-0.39, 0.29) is 5.91 Å². The highest BCUT2D eigenvalue weighted by molar-refractivity contribution is 9.11. The van der Waals surface area contributed by atoms with Crippen LogP contribution in [0, 0.1) is 6.92 Å². The molecule has 0 bridgehead atoms. The van der Waals surface area contributed by atoms with Crippen molar-refractivity contribution < 1.29 is 13.2 Å². The van der Waals surface area contributed by atoms with E-state index in [1.54, 1.807) is 12.4 Å². The third-order valence-electron chi connectivity index (χ3n) is 6.78. The van der Waals surface area contributed by atoms with Gasteiger partial charge in [-0.25, -0.2) is 13.4 Å². The van der Waals surface area contributed by atoms with Crippen LogP contribution in [0.2, 0.25) is 0 Å². The summed E-state index contributed by atoms with van der Waals surface area (Å²) in [6.07, 6.45) is 4.76. The largest absolute Gasteiger partial charge is 0.331 e. The third kappa shape index (κ3) is 7.40. The Morgan fingerprint density at radius 3 is 2.46 bits per heavy atom. The van der Waals surface area contributed by atoms with Crippen LogP contribution in [0.25, 0.3) is 11.3 Å². The van der Waals surface area contributed by atoms with Crippen molar-refractivity contribution in [3.8, 4) is 11.3 Å². The number of nitrogens with one attached hydrogen (secondary N) is 2. The number of halogens is 2. The molecule has 0 unspecified atom stereocenters. The minimum absolute atomic E-state index is 0.234. The predicted molar refractivity (Wildman–Crippen MR) is 171 cm³/mol. The minimum Gasteiger partial charge on any atom is -0.331 e. The number of aromatic nitrogens is 2. The lowest BCUT2D eigenvalue weighted by atomic mass is 10.1. The first-order chi connectivity index (χ1) is 19.6. The lowest BCUT2D eigenvalue weighted by Crippen LogP contribution is -2.47. The molecule has 0 atom stereocenters. The second-order valence-corrected chi connectivity index (χ2v) is 14.3. The van der Waals surface area contributed by atoms with E-state index < -0.39 is 10.0 Å². The van der Waals surface area contributed by atoms with E-state index in [2.05, 4.69) is 57.4 Å². The van der Waals surface area contributed by atoms with Crippen LogP contribution in [0.15, 0.2) is 69.2 Å². The molecule has 3 heterocycles. The molecule has 0 aliphatic carbocycles. The third-order valence-corrected chi connectivity index (χ3v) is 10.3. The molecule has 2 aromatic carbocycles. The summed E-state index contributed by atoms with van der Waals surface area (Å²) in [4.78, 5) is 24.2. The first kappa shape index (κ1) is 29.8. The molecule has 0 saturated carbocycles. The number of carbonyl (C=O) groups is 1. The van der Waals surface area contributed by atoms with E-state index in [9.17, 15) is 13.2 Å². The molecular formula is C28H28Br2N6O3S2. The molecule has 1 fully saturated rings. The van der Waals surface area contributed by atoms with Gasteiger partial charge < -0.3 is 10.6 Å². The zero-order chi connectivity index (χ0) is 29.1. The molecule has 5 rings (SSSR count). The fourth-order valence-electron chi connectivity index (χ4n) is 4.46. The van der Waals surface area contributed by atoms with Crippen LogP contribution < -0.4 is 10.6 Å². The lowest BCUT2D eigenvalue weighted by Gasteiger charge is -2.33. The number of nitrogens with zero attached hydrogens (tertiary/aromatic N) is 4. The van der Waals surface area contributed by atoms with Gasteiger partial charge in [0.2, 0.25) is 10.0 Å². The zero-order valence-corrected chi connectivity index (χ0v) is 27.2. The Bertz CT molecular complexity index is 1650. The standard InChI is InChI=1S/C28H28Br2N6O3S2/c1-18-5-6-21(14-25(18)33-28-34-26(17-40-28)19-4-3-7-31-15-19)32-27(37)20-12-23(29)22(24(30)13-20)16-35-8-10-36(11-9-35)41(2,38)39/h3-7,12-15,17H,8-11,16H2,1-2H3,(H,32,37)(H,33,34). The SMILES string of the molecule is Cc1ccc(NC(=O)c2cc(Br)c(CN3CCN(S(C)(=O)=O)CC3)c(Br)c2)cc1Nc1nc(-c2cccnc2)cs1. The van der Waals surface area contributed by atoms with Gasteiger partial charge in [-0.3, -0.25) is 14.7 Å². The number of hydrogen-bond acceptors (Lipinski definition) is 8. The van der Waals surface area contributed by atoms with Gasteiger partial charge in [-0.1, -0.05) is 37.9 Å². The molecule has 214 valence electrons. The van der Waals surface area contributed by atoms with Crippen LogP contribution in [-0.4, -0.2) is 65.9 Å². The number of pyridine rings is 1. The summed E-state index contributed by atoms with van der Waals surface area (Å²) in [5.41, 5.74) is 5.84. The van der Waals surface area contributed by atoms with Gasteiger partial charge in [-0.05, 0) is 54.4 Å². The summed E-state index contributed by atoms with van der Waals surface area (Å²) >= 11 is 8.78. The topological polar surface area (TPSA) is 108 Å². The predicted octanol–water partition coefficient (Wildman–Crippen LogP) is 6.11. The number of rotatable bonds is 8. The van der Waals surface area contributed by atoms with Crippen LogP contribution in [-0.2, 0) is 16.6 Å². The van der Waals surface area contributed by atoms with E-state index >= 15 is 0 Å². The van der Waals surface area contributed by atoms with Gasteiger partial charge in [0.1, 0.15) is 0 Å². The van der Waals surface area contributed by atoms with Crippen molar-refractivity contribution in [2.24, 2.45) is 0 Å².